The third kappa shape index (κ3) is 5.80. The summed E-state index contributed by atoms with van der Waals surface area (Å²) >= 11 is 7.44. The van der Waals surface area contributed by atoms with Crippen LogP contribution in [0.5, 0.6) is 0 Å². The first-order valence-electron chi connectivity index (χ1n) is 11.6. The van der Waals surface area contributed by atoms with E-state index >= 15 is 0 Å². The second-order valence-corrected chi connectivity index (χ2v) is 12.1. The van der Waals surface area contributed by atoms with Crippen LogP contribution in [0.4, 0.5) is 5.69 Å². The second kappa shape index (κ2) is 10.9. The summed E-state index contributed by atoms with van der Waals surface area (Å²) < 4.78 is 29.3. The van der Waals surface area contributed by atoms with E-state index in [2.05, 4.69) is 20.3 Å². The maximum atomic E-state index is 13.8. The molecule has 0 saturated heterocycles. The average molecular weight is 550 g/mol. The lowest BCUT2D eigenvalue weighted by Gasteiger charge is -2.22. The van der Waals surface area contributed by atoms with Crippen molar-refractivity contribution in [3.05, 3.63) is 102 Å². The summed E-state index contributed by atoms with van der Waals surface area (Å²) in [5.41, 5.74) is 4.10. The van der Waals surface area contributed by atoms with Crippen molar-refractivity contribution in [3.8, 4) is 10.6 Å². The molecule has 1 N–H and O–H groups in total. The van der Waals surface area contributed by atoms with Crippen LogP contribution in [0.25, 0.3) is 21.5 Å². The van der Waals surface area contributed by atoms with Gasteiger partial charge in [-0.15, -0.1) is 11.3 Å². The Hall–Kier alpha value is -3.37. The van der Waals surface area contributed by atoms with Gasteiger partial charge >= 0.3 is 0 Å². The van der Waals surface area contributed by atoms with Crippen LogP contribution in [-0.4, -0.2) is 40.8 Å². The smallest absolute Gasteiger partial charge is 0.252 e. The number of pyridine rings is 3. The van der Waals surface area contributed by atoms with Gasteiger partial charge in [-0.1, -0.05) is 23.7 Å². The molecule has 0 spiro atoms. The molecule has 0 unspecified atom stereocenters. The van der Waals surface area contributed by atoms with Crippen LogP contribution in [-0.2, 0) is 16.6 Å². The lowest BCUT2D eigenvalue weighted by Crippen LogP contribution is -2.34. The number of benzene rings is 1. The van der Waals surface area contributed by atoms with Crippen molar-refractivity contribution in [1.82, 2.24) is 19.3 Å². The largest absolute Gasteiger partial charge is 0.383 e. The Morgan fingerprint density at radius 1 is 1.03 bits per heavy atom. The normalized spacial score (nSPS) is 11.8. The molecule has 0 bridgehead atoms. The highest BCUT2D eigenvalue weighted by molar-refractivity contribution is 7.91. The monoisotopic (exact) mass is 549 g/mol. The van der Waals surface area contributed by atoms with Crippen molar-refractivity contribution in [2.45, 2.75) is 17.7 Å². The molecular formula is C27H24ClN5O2S2. The van der Waals surface area contributed by atoms with Gasteiger partial charge in [-0.2, -0.15) is 4.31 Å². The molecule has 0 amide bonds. The molecule has 0 radical (unpaired) electrons. The molecule has 0 aliphatic heterocycles. The van der Waals surface area contributed by atoms with E-state index in [0.29, 0.717) is 11.6 Å². The molecule has 0 saturated carbocycles. The van der Waals surface area contributed by atoms with Gasteiger partial charge in [0.25, 0.3) is 10.0 Å². The van der Waals surface area contributed by atoms with Gasteiger partial charge < -0.3 is 5.32 Å². The number of nitrogens with zero attached hydrogens (tertiary/aromatic N) is 4. The van der Waals surface area contributed by atoms with Gasteiger partial charge in [0.05, 0.1) is 16.1 Å². The number of anilines is 1. The number of fused-ring (bicyclic) bond motifs is 1. The number of nitrogens with one attached hydrogen (secondary N) is 1. The summed E-state index contributed by atoms with van der Waals surface area (Å²) in [5, 5.41) is 4.90. The lowest BCUT2D eigenvalue weighted by atomic mass is 10.1. The van der Waals surface area contributed by atoms with Crippen molar-refractivity contribution < 1.29 is 8.42 Å². The third-order valence-electron chi connectivity index (χ3n) is 5.75. The molecule has 4 aromatic heterocycles. The summed E-state index contributed by atoms with van der Waals surface area (Å²) in [5.74, 6) is 0. The molecule has 0 atom stereocenters. The fourth-order valence-corrected chi connectivity index (χ4v) is 7.04. The Balaban J connectivity index is 1.41. The Kier molecular flexibility index (Phi) is 7.48. The van der Waals surface area contributed by atoms with Crippen LogP contribution >= 0.6 is 22.9 Å². The van der Waals surface area contributed by atoms with Crippen LogP contribution in [0.1, 0.15) is 11.3 Å². The zero-order valence-electron chi connectivity index (χ0n) is 20.0. The van der Waals surface area contributed by atoms with Crippen molar-refractivity contribution in [1.29, 1.82) is 0 Å². The highest BCUT2D eigenvalue weighted by atomic mass is 35.5. The van der Waals surface area contributed by atoms with E-state index in [-0.39, 0.29) is 17.3 Å². The van der Waals surface area contributed by atoms with Gasteiger partial charge in [0.2, 0.25) is 0 Å². The van der Waals surface area contributed by atoms with E-state index in [1.807, 2.05) is 55.5 Å². The first kappa shape index (κ1) is 25.3. The molecule has 10 heteroatoms. The molecule has 4 heterocycles. The molecule has 1 aromatic carbocycles. The highest BCUT2D eigenvalue weighted by Crippen LogP contribution is 2.32. The molecule has 188 valence electrons. The molecule has 0 aliphatic rings. The molecule has 0 fully saturated rings. The van der Waals surface area contributed by atoms with Crippen LogP contribution in [0.3, 0.4) is 0 Å². The average Bonchev–Trinajstić information content (AvgIpc) is 3.41. The zero-order chi connectivity index (χ0) is 25.8. The minimum Gasteiger partial charge on any atom is -0.383 e. The fraction of sp³-hybridized carbons (Fsp3) is 0.148. The minimum absolute atomic E-state index is 0.205. The zero-order valence-corrected chi connectivity index (χ0v) is 22.4. The van der Waals surface area contributed by atoms with E-state index < -0.39 is 10.0 Å². The molecule has 37 heavy (non-hydrogen) atoms. The van der Waals surface area contributed by atoms with Crippen molar-refractivity contribution in [2.24, 2.45) is 0 Å². The number of hydrogen-bond acceptors (Lipinski definition) is 7. The maximum absolute atomic E-state index is 13.8. The highest BCUT2D eigenvalue weighted by Gasteiger charge is 2.27. The number of sulfonamides is 1. The summed E-state index contributed by atoms with van der Waals surface area (Å²) in [6.45, 7) is 2.77. The second-order valence-electron chi connectivity index (χ2n) is 8.43. The summed E-state index contributed by atoms with van der Waals surface area (Å²) in [6.07, 6.45) is 5.05. The van der Waals surface area contributed by atoms with Crippen LogP contribution < -0.4 is 5.32 Å². The topological polar surface area (TPSA) is 88.1 Å². The Morgan fingerprint density at radius 2 is 1.92 bits per heavy atom. The van der Waals surface area contributed by atoms with Gasteiger partial charge in [-0.3, -0.25) is 15.0 Å². The first-order valence-corrected chi connectivity index (χ1v) is 14.2. The lowest BCUT2D eigenvalue weighted by molar-refractivity contribution is 0.418. The van der Waals surface area contributed by atoms with Crippen molar-refractivity contribution in [3.63, 3.8) is 0 Å². The summed E-state index contributed by atoms with van der Waals surface area (Å²) in [4.78, 5) is 13.9. The van der Waals surface area contributed by atoms with Crippen molar-refractivity contribution >= 4 is 49.6 Å². The number of aryl methyl sites for hydroxylation is 1. The van der Waals surface area contributed by atoms with Gasteiger partial charge in [-0.25, -0.2) is 8.42 Å². The number of rotatable bonds is 9. The fourth-order valence-electron chi connectivity index (χ4n) is 4.00. The molecule has 5 rings (SSSR count). The quantitative estimate of drug-likeness (QED) is 0.242. The predicted octanol–water partition coefficient (Wildman–Crippen LogP) is 6.02. The Bertz CT molecular complexity index is 1630. The van der Waals surface area contributed by atoms with Crippen LogP contribution in [0.2, 0.25) is 5.02 Å². The number of thiophene rings is 1. The molecule has 5 aromatic rings. The summed E-state index contributed by atoms with van der Waals surface area (Å²) in [6, 6.07) is 20.2. The minimum atomic E-state index is -3.78. The molecule has 7 nitrogen and oxygen atoms in total. The first-order chi connectivity index (χ1) is 17.9. The van der Waals surface area contributed by atoms with E-state index in [0.717, 1.165) is 38.4 Å². The molecular weight excluding hydrogens is 526 g/mol. The van der Waals surface area contributed by atoms with Gasteiger partial charge in [0.1, 0.15) is 4.21 Å². The van der Waals surface area contributed by atoms with E-state index in [4.69, 9.17) is 11.6 Å². The standard InChI is InChI=1S/C27H24ClN5O2S2/c1-19-15-25(22-16-21(28)7-8-23(22)32-19)31-13-14-33(18-20-5-4-11-29-17-20)37(34,35)27-10-9-26(36-27)24-6-2-3-12-30-24/h2-12,15-17H,13-14,18H2,1H3,(H,31,32). The van der Waals surface area contributed by atoms with Gasteiger partial charge in [-0.05, 0) is 67.1 Å². The van der Waals surface area contributed by atoms with Gasteiger partial charge in [0.15, 0.2) is 0 Å². The van der Waals surface area contributed by atoms with Crippen molar-refractivity contribution in [2.75, 3.05) is 18.4 Å². The third-order valence-corrected chi connectivity index (χ3v) is 9.41. The van der Waals surface area contributed by atoms with E-state index in [9.17, 15) is 8.42 Å². The predicted molar refractivity (Wildman–Crippen MR) is 149 cm³/mol. The van der Waals surface area contributed by atoms with Crippen LogP contribution in [0, 0.1) is 6.92 Å². The molecule has 0 aliphatic carbocycles. The Morgan fingerprint density at radius 3 is 2.70 bits per heavy atom. The number of halogens is 1. The summed E-state index contributed by atoms with van der Waals surface area (Å²) in [7, 11) is -3.78. The number of hydrogen-bond donors (Lipinski definition) is 1. The van der Waals surface area contributed by atoms with E-state index in [1.165, 1.54) is 15.6 Å². The van der Waals surface area contributed by atoms with Gasteiger partial charge in [0, 0.05) is 60.0 Å². The number of aromatic nitrogens is 3. The maximum Gasteiger partial charge on any atom is 0.252 e. The van der Waals surface area contributed by atoms with E-state index in [1.54, 1.807) is 36.8 Å². The Labute approximate surface area is 224 Å². The SMILES string of the molecule is Cc1cc(NCCN(Cc2cccnc2)S(=O)(=O)c2ccc(-c3ccccn3)s2)c2cc(Cl)ccc2n1. The van der Waals surface area contributed by atoms with Crippen LogP contribution in [0.15, 0.2) is 89.5 Å².